The van der Waals surface area contributed by atoms with Gasteiger partial charge in [-0.2, -0.15) is 0 Å². The van der Waals surface area contributed by atoms with Gasteiger partial charge in [0.15, 0.2) is 0 Å². The molecule has 0 saturated heterocycles. The Balaban J connectivity index is 2.34. The number of carbonyl (C=O) groups excluding carboxylic acids is 1. The van der Waals surface area contributed by atoms with Crippen LogP contribution in [0.3, 0.4) is 0 Å². The number of carbonyl (C=O) groups is 1. The van der Waals surface area contributed by atoms with Gasteiger partial charge in [0, 0.05) is 38.2 Å². The number of nitrogens with one attached hydrogen (secondary N) is 1. The number of anilines is 2. The van der Waals surface area contributed by atoms with E-state index in [1.807, 2.05) is 0 Å². The third-order valence-corrected chi connectivity index (χ3v) is 6.27. The maximum Gasteiger partial charge on any atom is 0.242 e. The minimum absolute atomic E-state index is 0.0352. The van der Waals surface area contributed by atoms with Crippen molar-refractivity contribution in [2.75, 3.05) is 38.4 Å². The number of hydrogen-bond donors (Lipinski definition) is 1. The molecule has 9 heteroatoms. The molecule has 0 heterocycles. The first kappa shape index (κ1) is 21.5. The molecule has 146 valence electrons. The lowest BCUT2D eigenvalue weighted by atomic mass is 10.1. The molecule has 0 unspecified atom stereocenters. The fourth-order valence-corrected chi connectivity index (χ4v) is 3.81. The summed E-state index contributed by atoms with van der Waals surface area (Å²) >= 11 is 12.0. The Morgan fingerprint density at radius 2 is 1.70 bits per heavy atom. The number of hydrogen-bond acceptors (Lipinski definition) is 4. The van der Waals surface area contributed by atoms with Gasteiger partial charge in [0.25, 0.3) is 0 Å². The molecule has 2 aromatic rings. The molecular formula is C18H21Cl2N3O3S. The lowest BCUT2D eigenvalue weighted by molar-refractivity contribution is -0.115. The number of halogens is 2. The van der Waals surface area contributed by atoms with Gasteiger partial charge >= 0.3 is 0 Å². The van der Waals surface area contributed by atoms with E-state index in [4.69, 9.17) is 23.2 Å². The normalized spacial score (nSPS) is 11.5. The zero-order valence-electron chi connectivity index (χ0n) is 15.5. The van der Waals surface area contributed by atoms with E-state index in [0.717, 1.165) is 4.31 Å². The van der Waals surface area contributed by atoms with Gasteiger partial charge in [0.2, 0.25) is 15.9 Å². The largest absolute Gasteiger partial charge is 0.376 e. The highest BCUT2D eigenvalue weighted by Crippen LogP contribution is 2.29. The molecule has 2 aromatic carbocycles. The quantitative estimate of drug-likeness (QED) is 0.762. The zero-order chi connectivity index (χ0) is 20.4. The molecular weight excluding hydrogens is 409 g/mol. The first-order valence-electron chi connectivity index (χ1n) is 8.00. The molecule has 1 N–H and O–H groups in total. The lowest BCUT2D eigenvalue weighted by Crippen LogP contribution is -2.23. The van der Waals surface area contributed by atoms with Crippen LogP contribution >= 0.6 is 23.2 Å². The van der Waals surface area contributed by atoms with Crippen LogP contribution in [0, 0.1) is 0 Å². The van der Waals surface area contributed by atoms with E-state index in [0.29, 0.717) is 27.0 Å². The van der Waals surface area contributed by atoms with Crippen LogP contribution in [0.25, 0.3) is 0 Å². The Kier molecular flexibility index (Phi) is 6.75. The molecule has 0 aliphatic carbocycles. The molecule has 0 atom stereocenters. The van der Waals surface area contributed by atoms with Crippen LogP contribution in [0.15, 0.2) is 41.3 Å². The average Bonchev–Trinajstić information content (AvgIpc) is 2.57. The van der Waals surface area contributed by atoms with Crippen molar-refractivity contribution in [2.45, 2.75) is 11.3 Å². The Morgan fingerprint density at radius 3 is 2.26 bits per heavy atom. The third-order valence-electron chi connectivity index (χ3n) is 3.87. The second-order valence-corrected chi connectivity index (χ2v) is 9.32. The lowest BCUT2D eigenvalue weighted by Gasteiger charge is -2.20. The van der Waals surface area contributed by atoms with Crippen LogP contribution in [0.2, 0.25) is 10.0 Å². The fourth-order valence-electron chi connectivity index (χ4n) is 2.41. The first-order chi connectivity index (χ1) is 12.5. The van der Waals surface area contributed by atoms with E-state index in [-0.39, 0.29) is 17.2 Å². The van der Waals surface area contributed by atoms with Crippen LogP contribution in [0.4, 0.5) is 11.4 Å². The SMILES string of the molecule is CN(C)c1ccc(S(=O)(=O)N(C)C)cc1NC(=O)Cc1ccc(Cl)cc1Cl. The van der Waals surface area contributed by atoms with Gasteiger partial charge in [-0.25, -0.2) is 12.7 Å². The van der Waals surface area contributed by atoms with Crippen molar-refractivity contribution in [1.29, 1.82) is 0 Å². The average molecular weight is 430 g/mol. The van der Waals surface area contributed by atoms with Crippen molar-refractivity contribution in [3.63, 3.8) is 0 Å². The maximum absolute atomic E-state index is 12.5. The van der Waals surface area contributed by atoms with Crippen LogP contribution in [-0.4, -0.2) is 46.8 Å². The van der Waals surface area contributed by atoms with Gasteiger partial charge < -0.3 is 10.2 Å². The minimum Gasteiger partial charge on any atom is -0.376 e. The summed E-state index contributed by atoms with van der Waals surface area (Å²) in [6, 6.07) is 9.53. The van der Waals surface area contributed by atoms with Gasteiger partial charge in [0.1, 0.15) is 0 Å². The smallest absolute Gasteiger partial charge is 0.242 e. The van der Waals surface area contributed by atoms with Gasteiger partial charge in [-0.15, -0.1) is 0 Å². The maximum atomic E-state index is 12.5. The number of nitrogens with zero attached hydrogens (tertiary/aromatic N) is 2. The number of amides is 1. The summed E-state index contributed by atoms with van der Waals surface area (Å²) < 4.78 is 25.9. The molecule has 0 aliphatic heterocycles. The molecule has 0 radical (unpaired) electrons. The van der Waals surface area contributed by atoms with Crippen molar-refractivity contribution in [3.05, 3.63) is 52.0 Å². The van der Waals surface area contributed by atoms with E-state index in [1.54, 1.807) is 43.3 Å². The van der Waals surface area contributed by atoms with Gasteiger partial charge in [0.05, 0.1) is 22.7 Å². The Hall–Kier alpha value is -1.80. The summed E-state index contributed by atoms with van der Waals surface area (Å²) in [7, 11) is 2.90. The topological polar surface area (TPSA) is 69.7 Å². The molecule has 0 fully saturated rings. The molecule has 0 saturated carbocycles. The van der Waals surface area contributed by atoms with E-state index in [1.165, 1.54) is 26.2 Å². The highest BCUT2D eigenvalue weighted by molar-refractivity contribution is 7.89. The Labute approximate surface area is 169 Å². The monoisotopic (exact) mass is 429 g/mol. The highest BCUT2D eigenvalue weighted by atomic mass is 35.5. The van der Waals surface area contributed by atoms with E-state index < -0.39 is 10.0 Å². The molecule has 0 bridgehead atoms. The minimum atomic E-state index is -3.62. The molecule has 27 heavy (non-hydrogen) atoms. The van der Waals surface area contributed by atoms with E-state index in [2.05, 4.69) is 5.32 Å². The predicted molar refractivity (Wildman–Crippen MR) is 110 cm³/mol. The zero-order valence-corrected chi connectivity index (χ0v) is 17.8. The summed E-state index contributed by atoms with van der Waals surface area (Å²) in [4.78, 5) is 14.4. The summed E-state index contributed by atoms with van der Waals surface area (Å²) in [5, 5.41) is 3.66. The molecule has 1 amide bonds. The summed E-state index contributed by atoms with van der Waals surface area (Å²) in [5.41, 5.74) is 1.71. The third kappa shape index (κ3) is 5.13. The number of benzene rings is 2. The number of rotatable bonds is 6. The van der Waals surface area contributed by atoms with Crippen molar-refractivity contribution in [2.24, 2.45) is 0 Å². The predicted octanol–water partition coefficient (Wildman–Crippen LogP) is 3.49. The fraction of sp³-hybridized carbons (Fsp3) is 0.278. The van der Waals surface area contributed by atoms with Gasteiger partial charge in [-0.1, -0.05) is 29.3 Å². The van der Waals surface area contributed by atoms with E-state index in [9.17, 15) is 13.2 Å². The highest BCUT2D eigenvalue weighted by Gasteiger charge is 2.20. The second kappa shape index (κ2) is 8.48. The molecule has 6 nitrogen and oxygen atoms in total. The van der Waals surface area contributed by atoms with Gasteiger partial charge in [-0.05, 0) is 35.9 Å². The van der Waals surface area contributed by atoms with Crippen LogP contribution < -0.4 is 10.2 Å². The van der Waals surface area contributed by atoms with Crippen LogP contribution in [-0.2, 0) is 21.2 Å². The standard InChI is InChI=1S/C18H21Cl2N3O3S/c1-22(2)17-8-7-14(27(25,26)23(3)4)11-16(17)21-18(24)9-12-5-6-13(19)10-15(12)20/h5-8,10-11H,9H2,1-4H3,(H,21,24). The first-order valence-corrected chi connectivity index (χ1v) is 10.2. The second-order valence-electron chi connectivity index (χ2n) is 6.32. The van der Waals surface area contributed by atoms with Crippen molar-refractivity contribution >= 4 is 50.5 Å². The van der Waals surface area contributed by atoms with E-state index >= 15 is 0 Å². The van der Waals surface area contributed by atoms with Crippen LogP contribution in [0.1, 0.15) is 5.56 Å². The molecule has 0 spiro atoms. The molecule has 0 aromatic heterocycles. The van der Waals surface area contributed by atoms with Crippen LogP contribution in [0.5, 0.6) is 0 Å². The Morgan fingerprint density at radius 1 is 1.04 bits per heavy atom. The van der Waals surface area contributed by atoms with Gasteiger partial charge in [-0.3, -0.25) is 4.79 Å². The van der Waals surface area contributed by atoms with Crippen molar-refractivity contribution in [1.82, 2.24) is 4.31 Å². The molecule has 2 rings (SSSR count). The summed E-state index contributed by atoms with van der Waals surface area (Å²) in [6.45, 7) is 0. The summed E-state index contributed by atoms with van der Waals surface area (Å²) in [5.74, 6) is -0.318. The number of sulfonamides is 1. The summed E-state index contributed by atoms with van der Waals surface area (Å²) in [6.07, 6.45) is 0.0352. The Bertz CT molecular complexity index is 960. The van der Waals surface area contributed by atoms with Crippen molar-refractivity contribution < 1.29 is 13.2 Å². The van der Waals surface area contributed by atoms with Crippen molar-refractivity contribution in [3.8, 4) is 0 Å². The molecule has 0 aliphatic rings.